The summed E-state index contributed by atoms with van der Waals surface area (Å²) in [5.41, 5.74) is 2.21. The highest BCUT2D eigenvalue weighted by Crippen LogP contribution is 2.22. The zero-order chi connectivity index (χ0) is 15.8. The van der Waals surface area contributed by atoms with Crippen molar-refractivity contribution in [2.24, 2.45) is 0 Å². The molecule has 114 valence electrons. The fraction of sp³-hybridized carbons (Fsp3) is 0.357. The van der Waals surface area contributed by atoms with Crippen molar-refractivity contribution in [1.82, 2.24) is 10.6 Å². The minimum atomic E-state index is -0.520. The molecule has 4 amide bonds. The highest BCUT2D eigenvalue weighted by atomic mass is 16.2. The number of carbonyl (C=O) groups is 3. The molecule has 1 aromatic carbocycles. The van der Waals surface area contributed by atoms with E-state index in [1.807, 2.05) is 6.92 Å². The first kappa shape index (κ1) is 16.5. The van der Waals surface area contributed by atoms with Crippen molar-refractivity contribution < 1.29 is 14.4 Å². The van der Waals surface area contributed by atoms with Crippen molar-refractivity contribution in [3.63, 3.8) is 0 Å². The van der Waals surface area contributed by atoms with Gasteiger partial charge >= 0.3 is 6.03 Å². The summed E-state index contributed by atoms with van der Waals surface area (Å²) in [7, 11) is 0. The van der Waals surface area contributed by atoms with Gasteiger partial charge in [-0.3, -0.25) is 14.9 Å². The molecule has 0 radical (unpaired) electrons. The lowest BCUT2D eigenvalue weighted by Gasteiger charge is -2.13. The molecule has 0 aromatic heterocycles. The molecule has 1 rings (SSSR count). The van der Waals surface area contributed by atoms with Gasteiger partial charge in [-0.2, -0.15) is 0 Å². The molecule has 7 heteroatoms. The maximum atomic E-state index is 11.6. The molecule has 4 N–H and O–H groups in total. The van der Waals surface area contributed by atoms with Gasteiger partial charge < -0.3 is 16.0 Å². The van der Waals surface area contributed by atoms with Crippen LogP contribution in [0.25, 0.3) is 0 Å². The van der Waals surface area contributed by atoms with Crippen molar-refractivity contribution in [2.75, 3.05) is 23.7 Å². The number of carbonyl (C=O) groups excluding carboxylic acids is 3. The van der Waals surface area contributed by atoms with E-state index in [1.54, 1.807) is 25.1 Å². The number of hydrogen-bond donors (Lipinski definition) is 4. The smallest absolute Gasteiger partial charge is 0.321 e. The highest BCUT2D eigenvalue weighted by Gasteiger charge is 2.09. The van der Waals surface area contributed by atoms with Crippen molar-refractivity contribution in [2.45, 2.75) is 20.8 Å². The van der Waals surface area contributed by atoms with Crippen LogP contribution in [0.3, 0.4) is 0 Å². The van der Waals surface area contributed by atoms with Gasteiger partial charge in [-0.05, 0) is 31.5 Å². The van der Waals surface area contributed by atoms with Crippen LogP contribution >= 0.6 is 0 Å². The van der Waals surface area contributed by atoms with Gasteiger partial charge in [0.15, 0.2) is 0 Å². The maximum absolute atomic E-state index is 11.6. The average Bonchev–Trinajstić information content (AvgIpc) is 2.39. The summed E-state index contributed by atoms with van der Waals surface area (Å²) in [5, 5.41) is 10.3. The predicted octanol–water partition coefficient (Wildman–Crippen LogP) is 1.21. The third-order valence-electron chi connectivity index (χ3n) is 2.67. The Labute approximate surface area is 123 Å². The Kier molecular flexibility index (Phi) is 6.19. The van der Waals surface area contributed by atoms with Gasteiger partial charge in [0.1, 0.15) is 0 Å². The summed E-state index contributed by atoms with van der Waals surface area (Å²) in [5.74, 6) is -0.602. The molecule has 0 heterocycles. The molecule has 0 unspecified atom stereocenters. The van der Waals surface area contributed by atoms with Crippen molar-refractivity contribution >= 4 is 29.2 Å². The molecule has 0 atom stereocenters. The van der Waals surface area contributed by atoms with Crippen LogP contribution in [0.2, 0.25) is 0 Å². The Morgan fingerprint density at radius 3 is 2.43 bits per heavy atom. The molecular weight excluding hydrogens is 272 g/mol. The minimum absolute atomic E-state index is 0.0402. The minimum Gasteiger partial charge on any atom is -0.376 e. The lowest BCUT2D eigenvalue weighted by atomic mass is 10.1. The number of anilines is 2. The molecule has 0 fully saturated rings. The second kappa shape index (κ2) is 7.88. The topological polar surface area (TPSA) is 99.3 Å². The van der Waals surface area contributed by atoms with Crippen LogP contribution in [0.5, 0.6) is 0 Å². The summed E-state index contributed by atoms with van der Waals surface area (Å²) < 4.78 is 0. The van der Waals surface area contributed by atoms with Gasteiger partial charge in [-0.15, -0.1) is 0 Å². The van der Waals surface area contributed by atoms with Gasteiger partial charge in [0.25, 0.3) is 0 Å². The third kappa shape index (κ3) is 5.52. The van der Waals surface area contributed by atoms with E-state index in [2.05, 4.69) is 21.3 Å². The van der Waals surface area contributed by atoms with E-state index in [-0.39, 0.29) is 12.5 Å². The number of hydrogen-bond acceptors (Lipinski definition) is 4. The second-order valence-electron chi connectivity index (χ2n) is 4.42. The van der Waals surface area contributed by atoms with E-state index in [4.69, 9.17) is 0 Å². The molecule has 0 bridgehead atoms. The lowest BCUT2D eigenvalue weighted by molar-refractivity contribution is -0.118. The van der Waals surface area contributed by atoms with Crippen LogP contribution in [0.4, 0.5) is 16.2 Å². The van der Waals surface area contributed by atoms with Crippen molar-refractivity contribution in [1.29, 1.82) is 0 Å². The SMILES string of the molecule is CCNC(=O)NC(=O)CNc1cccc(NC(C)=O)c1C. The van der Waals surface area contributed by atoms with E-state index in [9.17, 15) is 14.4 Å². The van der Waals surface area contributed by atoms with E-state index in [0.717, 1.165) is 5.56 Å². The number of imide groups is 1. The average molecular weight is 292 g/mol. The Morgan fingerprint density at radius 2 is 1.81 bits per heavy atom. The molecule has 1 aromatic rings. The first-order chi connectivity index (χ1) is 9.93. The first-order valence-corrected chi connectivity index (χ1v) is 6.62. The number of nitrogens with one attached hydrogen (secondary N) is 4. The van der Waals surface area contributed by atoms with Crippen LogP contribution in [0.1, 0.15) is 19.4 Å². The second-order valence-corrected chi connectivity index (χ2v) is 4.42. The third-order valence-corrected chi connectivity index (χ3v) is 2.67. The van der Waals surface area contributed by atoms with Crippen LogP contribution in [0.15, 0.2) is 18.2 Å². The van der Waals surface area contributed by atoms with Gasteiger partial charge in [-0.25, -0.2) is 4.79 Å². The van der Waals surface area contributed by atoms with Gasteiger partial charge in [0.05, 0.1) is 6.54 Å². The molecule has 0 spiro atoms. The number of benzene rings is 1. The quantitative estimate of drug-likeness (QED) is 0.655. The summed E-state index contributed by atoms with van der Waals surface area (Å²) in [4.78, 5) is 33.8. The van der Waals surface area contributed by atoms with Crippen LogP contribution in [0, 0.1) is 6.92 Å². The lowest BCUT2D eigenvalue weighted by Crippen LogP contribution is -2.41. The zero-order valence-corrected chi connectivity index (χ0v) is 12.4. The fourth-order valence-electron chi connectivity index (χ4n) is 1.70. The van der Waals surface area contributed by atoms with E-state index in [0.29, 0.717) is 17.9 Å². The molecule has 0 aliphatic heterocycles. The van der Waals surface area contributed by atoms with Crippen LogP contribution < -0.4 is 21.3 Å². The number of urea groups is 1. The normalized spacial score (nSPS) is 9.67. The summed E-state index contributed by atoms with van der Waals surface area (Å²) in [6.07, 6.45) is 0. The predicted molar refractivity (Wildman–Crippen MR) is 81.2 cm³/mol. The number of rotatable bonds is 5. The first-order valence-electron chi connectivity index (χ1n) is 6.62. The largest absolute Gasteiger partial charge is 0.376 e. The highest BCUT2D eigenvalue weighted by molar-refractivity contribution is 5.96. The standard InChI is InChI=1S/C14H20N4O3/c1-4-15-14(21)18-13(20)8-16-11-6-5-7-12(9(11)2)17-10(3)19/h5-7,16H,4,8H2,1-3H3,(H,17,19)(H2,15,18,20,21). The molecule has 0 saturated heterocycles. The maximum Gasteiger partial charge on any atom is 0.321 e. The van der Waals surface area contributed by atoms with Crippen molar-refractivity contribution in [3.8, 4) is 0 Å². The zero-order valence-electron chi connectivity index (χ0n) is 12.4. The summed E-state index contributed by atoms with van der Waals surface area (Å²) >= 11 is 0. The number of amides is 4. The van der Waals surface area contributed by atoms with Gasteiger partial charge in [0.2, 0.25) is 11.8 Å². The monoisotopic (exact) mass is 292 g/mol. The summed E-state index contributed by atoms with van der Waals surface area (Å²) in [6, 6.07) is 4.81. The molecule has 21 heavy (non-hydrogen) atoms. The van der Waals surface area contributed by atoms with E-state index in [1.165, 1.54) is 6.92 Å². The molecule has 0 saturated carbocycles. The fourth-order valence-corrected chi connectivity index (χ4v) is 1.70. The van der Waals surface area contributed by atoms with E-state index < -0.39 is 11.9 Å². The van der Waals surface area contributed by atoms with Crippen LogP contribution in [-0.4, -0.2) is 30.9 Å². The molecular formula is C14H20N4O3. The molecule has 0 aliphatic carbocycles. The molecule has 7 nitrogen and oxygen atoms in total. The Bertz CT molecular complexity index is 543. The Morgan fingerprint density at radius 1 is 1.14 bits per heavy atom. The Hall–Kier alpha value is -2.57. The summed E-state index contributed by atoms with van der Waals surface area (Å²) in [6.45, 7) is 5.43. The van der Waals surface area contributed by atoms with Gasteiger partial charge in [0, 0.05) is 24.8 Å². The van der Waals surface area contributed by atoms with Crippen molar-refractivity contribution in [3.05, 3.63) is 23.8 Å². The Balaban J connectivity index is 2.61. The van der Waals surface area contributed by atoms with E-state index >= 15 is 0 Å². The van der Waals surface area contributed by atoms with Crippen LogP contribution in [-0.2, 0) is 9.59 Å². The molecule has 0 aliphatic rings. The van der Waals surface area contributed by atoms with Gasteiger partial charge in [-0.1, -0.05) is 6.07 Å².